The molecule has 0 aliphatic heterocycles. The number of carbonyl (C=O) groups is 1. The van der Waals surface area contributed by atoms with Crippen LogP contribution in [0.15, 0.2) is 18.2 Å². The molecule has 0 bridgehead atoms. The molecule has 2 N–H and O–H groups in total. The smallest absolute Gasteiger partial charge is 0.144 e. The van der Waals surface area contributed by atoms with Crippen LogP contribution in [-0.2, 0) is 11.2 Å². The van der Waals surface area contributed by atoms with Crippen molar-refractivity contribution in [1.82, 2.24) is 0 Å². The minimum Gasteiger partial charge on any atom is -0.329 e. The molecule has 1 aliphatic rings. The Balaban J connectivity index is 2.15. The van der Waals surface area contributed by atoms with Crippen molar-refractivity contribution >= 4 is 17.4 Å². The minimum atomic E-state index is -0.371. The van der Waals surface area contributed by atoms with Crippen LogP contribution in [0.4, 0.5) is 4.39 Å². The summed E-state index contributed by atoms with van der Waals surface area (Å²) in [7, 11) is 0. The summed E-state index contributed by atoms with van der Waals surface area (Å²) in [6.45, 7) is 0.374. The summed E-state index contributed by atoms with van der Waals surface area (Å²) in [6, 6.07) is 4.07. The molecule has 2 nitrogen and oxygen atoms in total. The molecule has 4 heteroatoms. The van der Waals surface area contributed by atoms with Crippen LogP contribution in [0.5, 0.6) is 0 Å². The maximum atomic E-state index is 13.0. The van der Waals surface area contributed by atoms with E-state index in [1.165, 1.54) is 18.2 Å². The van der Waals surface area contributed by atoms with E-state index in [0.717, 1.165) is 12.8 Å². The van der Waals surface area contributed by atoms with Crippen molar-refractivity contribution in [2.75, 3.05) is 6.54 Å². The van der Waals surface area contributed by atoms with Gasteiger partial charge in [-0.05, 0) is 36.6 Å². The van der Waals surface area contributed by atoms with E-state index in [4.69, 9.17) is 17.3 Å². The number of carbonyl (C=O) groups excluding carboxylic acids is 1. The number of rotatable bonds is 4. The Bertz CT molecular complexity index is 429. The fourth-order valence-corrected chi connectivity index (χ4v) is 1.97. The third-order valence-electron chi connectivity index (χ3n) is 3.19. The van der Waals surface area contributed by atoms with Crippen LogP contribution in [0, 0.1) is 11.2 Å². The zero-order valence-electron chi connectivity index (χ0n) is 8.80. The van der Waals surface area contributed by atoms with Crippen LogP contribution in [-0.4, -0.2) is 12.3 Å². The summed E-state index contributed by atoms with van der Waals surface area (Å²) in [5, 5.41) is 0.433. The molecule has 0 aromatic heterocycles. The quantitative estimate of drug-likeness (QED) is 0.879. The van der Waals surface area contributed by atoms with Gasteiger partial charge in [-0.25, -0.2) is 4.39 Å². The lowest BCUT2D eigenvalue weighted by molar-refractivity contribution is -0.123. The first-order valence-corrected chi connectivity index (χ1v) is 5.62. The third-order valence-corrected chi connectivity index (χ3v) is 3.56. The molecule has 2 rings (SSSR count). The van der Waals surface area contributed by atoms with Crippen molar-refractivity contribution < 1.29 is 9.18 Å². The molecule has 0 radical (unpaired) electrons. The number of nitrogens with two attached hydrogens (primary N) is 1. The first kappa shape index (κ1) is 11.6. The second-order valence-corrected chi connectivity index (χ2v) is 4.73. The molecule has 1 aromatic carbocycles. The average Bonchev–Trinajstić information content (AvgIpc) is 3.04. The standard InChI is InChI=1S/C12H13ClFNO/c13-10-2-1-9(14)5-8(10)6-11(16)12(7-15)3-4-12/h1-2,5H,3-4,6-7,15H2. The average molecular weight is 242 g/mol. The lowest BCUT2D eigenvalue weighted by Gasteiger charge is -2.11. The van der Waals surface area contributed by atoms with Crippen molar-refractivity contribution in [2.24, 2.45) is 11.1 Å². The van der Waals surface area contributed by atoms with Gasteiger partial charge in [0, 0.05) is 23.4 Å². The summed E-state index contributed by atoms with van der Waals surface area (Å²) >= 11 is 5.90. The Morgan fingerprint density at radius 1 is 1.50 bits per heavy atom. The fourth-order valence-electron chi connectivity index (χ4n) is 1.79. The SMILES string of the molecule is NCC1(C(=O)Cc2cc(F)ccc2Cl)CC1. The van der Waals surface area contributed by atoms with E-state index < -0.39 is 0 Å². The largest absolute Gasteiger partial charge is 0.329 e. The zero-order valence-corrected chi connectivity index (χ0v) is 9.56. The maximum absolute atomic E-state index is 13.0. The molecule has 1 aliphatic carbocycles. The highest BCUT2D eigenvalue weighted by atomic mass is 35.5. The Hall–Kier alpha value is -0.930. The Morgan fingerprint density at radius 3 is 2.75 bits per heavy atom. The van der Waals surface area contributed by atoms with Gasteiger partial charge in [-0.2, -0.15) is 0 Å². The van der Waals surface area contributed by atoms with Crippen LogP contribution in [0.1, 0.15) is 18.4 Å². The number of hydrogen-bond donors (Lipinski definition) is 1. The van der Waals surface area contributed by atoms with E-state index in [1.54, 1.807) is 0 Å². The number of benzene rings is 1. The Kier molecular flexibility index (Phi) is 3.00. The summed E-state index contributed by atoms with van der Waals surface area (Å²) in [6.07, 6.45) is 1.86. The molecular formula is C12H13ClFNO. The van der Waals surface area contributed by atoms with E-state index in [9.17, 15) is 9.18 Å². The first-order chi connectivity index (χ1) is 7.57. The van der Waals surface area contributed by atoms with Gasteiger partial charge < -0.3 is 5.73 Å². The maximum Gasteiger partial charge on any atom is 0.144 e. The molecule has 0 spiro atoms. The first-order valence-electron chi connectivity index (χ1n) is 5.25. The molecule has 0 heterocycles. The van der Waals surface area contributed by atoms with Gasteiger partial charge in [0.2, 0.25) is 0 Å². The van der Waals surface area contributed by atoms with E-state index in [1.807, 2.05) is 0 Å². The molecule has 0 saturated heterocycles. The van der Waals surface area contributed by atoms with E-state index >= 15 is 0 Å². The Labute approximate surface area is 98.6 Å². The predicted octanol–water partition coefficient (Wildman–Crippen LogP) is 2.33. The summed E-state index contributed by atoms with van der Waals surface area (Å²) in [4.78, 5) is 11.9. The minimum absolute atomic E-state index is 0.0718. The van der Waals surface area contributed by atoms with Gasteiger partial charge in [0.1, 0.15) is 11.6 Å². The third kappa shape index (κ3) is 2.11. The van der Waals surface area contributed by atoms with E-state index in [2.05, 4.69) is 0 Å². The van der Waals surface area contributed by atoms with Gasteiger partial charge in [0.05, 0.1) is 0 Å². The fraction of sp³-hybridized carbons (Fsp3) is 0.417. The van der Waals surface area contributed by atoms with Crippen molar-refractivity contribution in [3.05, 3.63) is 34.6 Å². The number of Topliss-reactive ketones (excluding diaryl/α,β-unsaturated/α-hetero) is 1. The molecule has 1 fully saturated rings. The van der Waals surface area contributed by atoms with Crippen LogP contribution < -0.4 is 5.73 Å². The van der Waals surface area contributed by atoms with Crippen LogP contribution in [0.25, 0.3) is 0 Å². The lowest BCUT2D eigenvalue weighted by Crippen LogP contribution is -2.26. The van der Waals surface area contributed by atoms with Gasteiger partial charge >= 0.3 is 0 Å². The summed E-state index contributed by atoms with van der Waals surface area (Å²) in [5.74, 6) is -0.299. The second-order valence-electron chi connectivity index (χ2n) is 4.32. The molecule has 0 atom stereocenters. The van der Waals surface area contributed by atoms with Crippen LogP contribution >= 0.6 is 11.6 Å². The Morgan fingerprint density at radius 2 is 2.19 bits per heavy atom. The summed E-state index contributed by atoms with van der Waals surface area (Å²) in [5.41, 5.74) is 5.76. The highest BCUT2D eigenvalue weighted by Crippen LogP contribution is 2.46. The number of ketones is 1. The molecule has 1 aromatic rings. The molecule has 1 saturated carbocycles. The predicted molar refractivity (Wildman–Crippen MR) is 60.8 cm³/mol. The monoisotopic (exact) mass is 241 g/mol. The molecule has 0 unspecified atom stereocenters. The number of halogens is 2. The highest BCUT2D eigenvalue weighted by molar-refractivity contribution is 6.31. The molecule has 86 valence electrons. The van der Waals surface area contributed by atoms with Crippen LogP contribution in [0.2, 0.25) is 5.02 Å². The van der Waals surface area contributed by atoms with Gasteiger partial charge in [0.25, 0.3) is 0 Å². The molecular weight excluding hydrogens is 229 g/mol. The zero-order chi connectivity index (χ0) is 11.8. The van der Waals surface area contributed by atoms with E-state index in [0.29, 0.717) is 17.1 Å². The summed E-state index contributed by atoms with van der Waals surface area (Å²) < 4.78 is 13.0. The second kappa shape index (κ2) is 4.15. The molecule has 16 heavy (non-hydrogen) atoms. The molecule has 0 amide bonds. The van der Waals surface area contributed by atoms with Gasteiger partial charge in [-0.1, -0.05) is 11.6 Å². The van der Waals surface area contributed by atoms with Crippen molar-refractivity contribution in [3.63, 3.8) is 0 Å². The lowest BCUT2D eigenvalue weighted by atomic mass is 9.95. The normalized spacial score (nSPS) is 17.2. The van der Waals surface area contributed by atoms with Crippen molar-refractivity contribution in [3.8, 4) is 0 Å². The van der Waals surface area contributed by atoms with Crippen molar-refractivity contribution in [2.45, 2.75) is 19.3 Å². The van der Waals surface area contributed by atoms with Gasteiger partial charge in [-0.15, -0.1) is 0 Å². The van der Waals surface area contributed by atoms with Crippen molar-refractivity contribution in [1.29, 1.82) is 0 Å². The van der Waals surface area contributed by atoms with Crippen LogP contribution in [0.3, 0.4) is 0 Å². The highest BCUT2D eigenvalue weighted by Gasteiger charge is 2.47. The topological polar surface area (TPSA) is 43.1 Å². The van der Waals surface area contributed by atoms with E-state index in [-0.39, 0.29) is 23.4 Å². The van der Waals surface area contributed by atoms with Gasteiger partial charge in [0.15, 0.2) is 0 Å². The van der Waals surface area contributed by atoms with Gasteiger partial charge in [-0.3, -0.25) is 4.79 Å². The number of hydrogen-bond acceptors (Lipinski definition) is 2.